The lowest BCUT2D eigenvalue weighted by atomic mass is 10.1. The van der Waals surface area contributed by atoms with Gasteiger partial charge in [0.1, 0.15) is 17.2 Å². The van der Waals surface area contributed by atoms with Gasteiger partial charge in [-0.1, -0.05) is 41.5 Å². The summed E-state index contributed by atoms with van der Waals surface area (Å²) in [6.45, 7) is 10.3. The lowest BCUT2D eigenvalue weighted by Gasteiger charge is -2.13. The summed E-state index contributed by atoms with van der Waals surface area (Å²) in [7, 11) is 0. The monoisotopic (exact) mass is 693 g/mol. The summed E-state index contributed by atoms with van der Waals surface area (Å²) in [6.07, 6.45) is 0. The Morgan fingerprint density at radius 2 is 0.686 bits per heavy atom. The Hall–Kier alpha value is -6.30. The normalized spacial score (nSPS) is 10.8. The number of amides is 3. The summed E-state index contributed by atoms with van der Waals surface area (Å²) in [5.41, 5.74) is 1.40. The molecular formula is C39H39N3O9. The van der Waals surface area contributed by atoms with Gasteiger partial charge in [0.05, 0.1) is 17.8 Å². The van der Waals surface area contributed by atoms with Gasteiger partial charge in [-0.2, -0.15) is 0 Å². The van der Waals surface area contributed by atoms with Crippen LogP contribution in [-0.2, 0) is 14.4 Å². The molecule has 0 unspecified atom stereocenters. The van der Waals surface area contributed by atoms with Gasteiger partial charge in [-0.15, -0.1) is 0 Å². The molecule has 4 aromatic rings. The Bertz CT molecular complexity index is 1820. The van der Waals surface area contributed by atoms with Crippen LogP contribution in [0.5, 0.6) is 17.2 Å². The lowest BCUT2D eigenvalue weighted by molar-refractivity contribution is -0.138. The van der Waals surface area contributed by atoms with Crippen LogP contribution in [0.1, 0.15) is 72.6 Å². The fourth-order valence-electron chi connectivity index (χ4n) is 4.17. The van der Waals surface area contributed by atoms with Crippen LogP contribution in [0.4, 0.5) is 17.1 Å². The second-order valence-corrected chi connectivity index (χ2v) is 12.5. The Labute approximate surface area is 295 Å². The molecule has 3 N–H and O–H groups in total. The minimum atomic E-state index is -0.554. The molecule has 0 radical (unpaired) electrons. The van der Waals surface area contributed by atoms with E-state index in [-0.39, 0.29) is 57.3 Å². The number of carbonyl (C=O) groups excluding carboxylic acids is 6. The number of esters is 3. The maximum atomic E-state index is 13.4. The van der Waals surface area contributed by atoms with E-state index in [1.807, 2.05) is 0 Å². The molecule has 12 heteroatoms. The molecule has 4 aromatic carbocycles. The zero-order valence-electron chi connectivity index (χ0n) is 29.1. The molecule has 12 nitrogen and oxygen atoms in total. The SMILES string of the molecule is CC(C)C(=O)Oc1ccc(NC(=O)c2cc(NC(=O)c3ccc(OC(=O)C(C)C)cc3)cc(NC(=O)c3ccc(OC(=O)C(C)C)cc3)c2)cc1. The van der Waals surface area contributed by atoms with Crippen molar-refractivity contribution in [2.75, 3.05) is 16.0 Å². The number of benzene rings is 4. The van der Waals surface area contributed by atoms with Gasteiger partial charge in [0, 0.05) is 33.8 Å². The molecule has 0 aliphatic carbocycles. The minimum Gasteiger partial charge on any atom is -0.426 e. The number of hydrogen-bond donors (Lipinski definition) is 3. The van der Waals surface area contributed by atoms with E-state index in [1.54, 1.807) is 65.8 Å². The van der Waals surface area contributed by atoms with Gasteiger partial charge < -0.3 is 30.2 Å². The van der Waals surface area contributed by atoms with Crippen LogP contribution >= 0.6 is 0 Å². The first-order chi connectivity index (χ1) is 24.2. The van der Waals surface area contributed by atoms with Crippen LogP contribution < -0.4 is 30.2 Å². The predicted molar refractivity (Wildman–Crippen MR) is 191 cm³/mol. The van der Waals surface area contributed by atoms with E-state index in [2.05, 4.69) is 16.0 Å². The maximum absolute atomic E-state index is 13.4. The molecule has 0 aliphatic heterocycles. The molecular weight excluding hydrogens is 654 g/mol. The quantitative estimate of drug-likeness (QED) is 0.103. The zero-order valence-corrected chi connectivity index (χ0v) is 29.1. The number of anilines is 3. The third kappa shape index (κ3) is 10.8. The van der Waals surface area contributed by atoms with Crippen LogP contribution in [0, 0.1) is 17.8 Å². The first kappa shape index (κ1) is 37.5. The number of carbonyl (C=O) groups is 6. The van der Waals surface area contributed by atoms with Gasteiger partial charge in [-0.3, -0.25) is 28.8 Å². The third-order valence-corrected chi connectivity index (χ3v) is 7.13. The summed E-state index contributed by atoms with van der Waals surface area (Å²) >= 11 is 0. The van der Waals surface area contributed by atoms with Gasteiger partial charge in [-0.25, -0.2) is 0 Å². The van der Waals surface area contributed by atoms with Crippen LogP contribution in [0.2, 0.25) is 0 Å². The van der Waals surface area contributed by atoms with E-state index in [0.717, 1.165) is 0 Å². The highest BCUT2D eigenvalue weighted by molar-refractivity contribution is 6.10. The third-order valence-electron chi connectivity index (χ3n) is 7.13. The number of nitrogens with one attached hydrogen (secondary N) is 3. The molecule has 0 fully saturated rings. The molecule has 264 valence electrons. The van der Waals surface area contributed by atoms with Crippen LogP contribution in [0.25, 0.3) is 0 Å². The molecule has 3 amide bonds. The highest BCUT2D eigenvalue weighted by Gasteiger charge is 2.17. The lowest BCUT2D eigenvalue weighted by Crippen LogP contribution is -2.18. The predicted octanol–water partition coefficient (Wildman–Crippen LogP) is 7.13. The van der Waals surface area contributed by atoms with Crippen molar-refractivity contribution in [3.05, 3.63) is 108 Å². The molecule has 0 bridgehead atoms. The van der Waals surface area contributed by atoms with Gasteiger partial charge in [0.2, 0.25) is 0 Å². The summed E-state index contributed by atoms with van der Waals surface area (Å²) < 4.78 is 15.8. The highest BCUT2D eigenvalue weighted by atomic mass is 16.5. The Balaban J connectivity index is 1.56. The van der Waals surface area contributed by atoms with E-state index in [0.29, 0.717) is 11.4 Å². The van der Waals surface area contributed by atoms with E-state index in [4.69, 9.17) is 14.2 Å². The molecule has 0 aliphatic rings. The van der Waals surface area contributed by atoms with Gasteiger partial charge in [-0.05, 0) is 91.0 Å². The fraction of sp³-hybridized carbons (Fsp3) is 0.231. The average Bonchev–Trinajstić information content (AvgIpc) is 3.09. The van der Waals surface area contributed by atoms with Crippen molar-refractivity contribution in [2.24, 2.45) is 17.8 Å². The number of rotatable bonds is 12. The van der Waals surface area contributed by atoms with Gasteiger partial charge in [0.25, 0.3) is 17.7 Å². The molecule has 0 saturated heterocycles. The van der Waals surface area contributed by atoms with Crippen molar-refractivity contribution in [1.82, 2.24) is 0 Å². The molecule has 0 aromatic heterocycles. The Morgan fingerprint density at radius 1 is 0.392 bits per heavy atom. The van der Waals surface area contributed by atoms with E-state index < -0.39 is 35.6 Å². The molecule has 4 rings (SSSR count). The van der Waals surface area contributed by atoms with Crippen molar-refractivity contribution in [2.45, 2.75) is 41.5 Å². The topological polar surface area (TPSA) is 166 Å². The summed E-state index contributed by atoms with van der Waals surface area (Å²) in [6, 6.07) is 22.5. The molecule has 0 saturated carbocycles. The van der Waals surface area contributed by atoms with Crippen LogP contribution in [-0.4, -0.2) is 35.6 Å². The second kappa shape index (κ2) is 16.9. The molecule has 0 heterocycles. The second-order valence-electron chi connectivity index (χ2n) is 12.5. The molecule has 0 atom stereocenters. The zero-order chi connectivity index (χ0) is 37.2. The van der Waals surface area contributed by atoms with Crippen molar-refractivity contribution >= 4 is 52.7 Å². The Kier molecular flexibility index (Phi) is 12.4. The van der Waals surface area contributed by atoms with Gasteiger partial charge >= 0.3 is 17.9 Å². The van der Waals surface area contributed by atoms with Crippen molar-refractivity contribution in [3.8, 4) is 17.2 Å². The summed E-state index contributed by atoms with van der Waals surface area (Å²) in [5, 5.41) is 8.24. The van der Waals surface area contributed by atoms with Crippen LogP contribution in [0.3, 0.4) is 0 Å². The number of ether oxygens (including phenoxy) is 3. The summed E-state index contributed by atoms with van der Waals surface area (Å²) in [5.74, 6) is -2.89. The van der Waals surface area contributed by atoms with E-state index in [1.165, 1.54) is 66.7 Å². The summed E-state index contributed by atoms with van der Waals surface area (Å²) in [4.78, 5) is 75.6. The van der Waals surface area contributed by atoms with Crippen molar-refractivity contribution in [1.29, 1.82) is 0 Å². The maximum Gasteiger partial charge on any atom is 0.313 e. The van der Waals surface area contributed by atoms with E-state index in [9.17, 15) is 28.8 Å². The molecule has 51 heavy (non-hydrogen) atoms. The largest absolute Gasteiger partial charge is 0.426 e. The smallest absolute Gasteiger partial charge is 0.313 e. The number of hydrogen-bond acceptors (Lipinski definition) is 9. The Morgan fingerprint density at radius 3 is 1.02 bits per heavy atom. The minimum absolute atomic E-state index is 0.102. The van der Waals surface area contributed by atoms with E-state index >= 15 is 0 Å². The van der Waals surface area contributed by atoms with Gasteiger partial charge in [0.15, 0.2) is 0 Å². The average molecular weight is 694 g/mol. The van der Waals surface area contributed by atoms with Crippen LogP contribution in [0.15, 0.2) is 91.0 Å². The standard InChI is InChI=1S/C39H39N3O9/c1-22(2)37(46)49-31-13-7-25(8-14-31)34(43)41-29-19-27(36(45)40-28-11-17-33(18-12-28)51-39(48)24(5)6)20-30(21-29)42-35(44)26-9-15-32(16-10-26)50-38(47)23(3)4/h7-24H,1-6H3,(H,40,45)(H,41,43)(H,42,44). The van der Waals surface area contributed by atoms with Crippen molar-refractivity contribution in [3.63, 3.8) is 0 Å². The fourth-order valence-corrected chi connectivity index (χ4v) is 4.17. The highest BCUT2D eigenvalue weighted by Crippen LogP contribution is 2.24. The first-order valence-corrected chi connectivity index (χ1v) is 16.2. The van der Waals surface area contributed by atoms with Crippen molar-refractivity contribution < 1.29 is 43.0 Å². The molecule has 0 spiro atoms. The first-order valence-electron chi connectivity index (χ1n) is 16.2.